The molecule has 1 aromatic rings. The van der Waals surface area contributed by atoms with Gasteiger partial charge in [0.05, 0.1) is 12.6 Å². The van der Waals surface area contributed by atoms with Crippen molar-refractivity contribution >= 4 is 29.7 Å². The van der Waals surface area contributed by atoms with Gasteiger partial charge in [-0.15, -0.1) is 23.7 Å². The summed E-state index contributed by atoms with van der Waals surface area (Å²) < 4.78 is 0. The molecule has 0 aliphatic carbocycles. The highest BCUT2D eigenvalue weighted by molar-refractivity contribution is 7.11. The predicted molar refractivity (Wildman–Crippen MR) is 73.5 cm³/mol. The van der Waals surface area contributed by atoms with Gasteiger partial charge in [-0.05, 0) is 12.8 Å². The number of halogens is 1. The van der Waals surface area contributed by atoms with Gasteiger partial charge >= 0.3 is 0 Å². The maximum atomic E-state index is 11.5. The van der Waals surface area contributed by atoms with Gasteiger partial charge in [-0.2, -0.15) is 0 Å². The highest BCUT2D eigenvalue weighted by Gasteiger charge is 2.12. The number of aromatic nitrogens is 1. The Bertz CT molecular complexity index is 343. The van der Waals surface area contributed by atoms with Crippen molar-refractivity contribution in [1.29, 1.82) is 0 Å². The highest BCUT2D eigenvalue weighted by Crippen LogP contribution is 2.12. The second-order valence-electron chi connectivity index (χ2n) is 3.69. The van der Waals surface area contributed by atoms with Crippen LogP contribution in [-0.2, 0) is 17.8 Å². The standard InChI is InChI=1S/C11H19N3OS.ClH/c1-3-5-9(12)11(15)14-7-10-13-6-8(4-2)16-10;/h6,9H,3-5,7,12H2,1-2H3,(H,14,15);1H. The van der Waals surface area contributed by atoms with Crippen LogP contribution in [0.1, 0.15) is 36.6 Å². The minimum absolute atomic E-state index is 0. The fourth-order valence-corrected chi connectivity index (χ4v) is 2.13. The number of thiazole rings is 1. The maximum absolute atomic E-state index is 11.5. The van der Waals surface area contributed by atoms with E-state index in [9.17, 15) is 4.79 Å². The van der Waals surface area contributed by atoms with Gasteiger partial charge in [0, 0.05) is 11.1 Å². The van der Waals surface area contributed by atoms with Crippen molar-refractivity contribution in [3.05, 3.63) is 16.1 Å². The van der Waals surface area contributed by atoms with Gasteiger partial charge in [0.25, 0.3) is 0 Å². The molecule has 0 aliphatic heterocycles. The third-order valence-corrected chi connectivity index (χ3v) is 3.44. The Balaban J connectivity index is 0.00000256. The number of hydrogen-bond donors (Lipinski definition) is 2. The highest BCUT2D eigenvalue weighted by atomic mass is 35.5. The van der Waals surface area contributed by atoms with E-state index >= 15 is 0 Å². The first-order valence-corrected chi connectivity index (χ1v) is 6.45. The SMILES string of the molecule is CCCC(N)C(=O)NCc1ncc(CC)s1.Cl. The lowest BCUT2D eigenvalue weighted by molar-refractivity contribution is -0.122. The van der Waals surface area contributed by atoms with Gasteiger partial charge < -0.3 is 11.1 Å². The number of carbonyl (C=O) groups excluding carboxylic acids is 1. The largest absolute Gasteiger partial charge is 0.348 e. The molecule has 0 saturated carbocycles. The minimum Gasteiger partial charge on any atom is -0.348 e. The lowest BCUT2D eigenvalue weighted by Crippen LogP contribution is -2.40. The van der Waals surface area contributed by atoms with E-state index in [4.69, 9.17) is 5.73 Å². The summed E-state index contributed by atoms with van der Waals surface area (Å²) in [6.07, 6.45) is 4.49. The molecular weight excluding hydrogens is 258 g/mol. The molecule has 1 atom stereocenters. The third kappa shape index (κ3) is 5.48. The van der Waals surface area contributed by atoms with Crippen LogP contribution in [0.5, 0.6) is 0 Å². The van der Waals surface area contributed by atoms with Crippen molar-refractivity contribution in [1.82, 2.24) is 10.3 Å². The van der Waals surface area contributed by atoms with Crippen molar-refractivity contribution in [2.45, 2.75) is 45.7 Å². The summed E-state index contributed by atoms with van der Waals surface area (Å²) in [6.45, 7) is 4.59. The zero-order chi connectivity index (χ0) is 12.0. The molecule has 3 N–H and O–H groups in total. The van der Waals surface area contributed by atoms with Crippen LogP contribution < -0.4 is 11.1 Å². The zero-order valence-corrected chi connectivity index (χ0v) is 11.9. The number of nitrogens with two attached hydrogens (primary N) is 1. The number of nitrogens with one attached hydrogen (secondary N) is 1. The molecule has 0 spiro atoms. The topological polar surface area (TPSA) is 68.0 Å². The second-order valence-corrected chi connectivity index (χ2v) is 4.89. The van der Waals surface area contributed by atoms with Crippen LogP contribution in [-0.4, -0.2) is 16.9 Å². The average molecular weight is 278 g/mol. The van der Waals surface area contributed by atoms with E-state index in [1.807, 2.05) is 13.1 Å². The van der Waals surface area contributed by atoms with Crippen LogP contribution in [0.15, 0.2) is 6.20 Å². The van der Waals surface area contributed by atoms with Crippen LogP contribution in [0.2, 0.25) is 0 Å². The first kappa shape index (κ1) is 16.4. The summed E-state index contributed by atoms with van der Waals surface area (Å²) in [5, 5.41) is 3.74. The van der Waals surface area contributed by atoms with Crippen LogP contribution in [0.25, 0.3) is 0 Å². The second kappa shape index (κ2) is 8.44. The molecule has 6 heteroatoms. The molecule has 98 valence electrons. The molecule has 1 unspecified atom stereocenters. The summed E-state index contributed by atoms with van der Waals surface area (Å²) in [5.41, 5.74) is 5.69. The lowest BCUT2D eigenvalue weighted by Gasteiger charge is -2.09. The molecule has 0 bridgehead atoms. The number of rotatable bonds is 6. The van der Waals surface area contributed by atoms with Crippen molar-refractivity contribution in [2.24, 2.45) is 5.73 Å². The van der Waals surface area contributed by atoms with E-state index in [1.54, 1.807) is 11.3 Å². The first-order chi connectivity index (χ1) is 7.67. The molecule has 0 aliphatic rings. The fraction of sp³-hybridized carbons (Fsp3) is 0.636. The van der Waals surface area contributed by atoms with Crippen molar-refractivity contribution < 1.29 is 4.79 Å². The maximum Gasteiger partial charge on any atom is 0.237 e. The molecule has 1 rings (SSSR count). The molecule has 0 radical (unpaired) electrons. The molecule has 1 heterocycles. The van der Waals surface area contributed by atoms with Gasteiger partial charge in [0.2, 0.25) is 5.91 Å². The van der Waals surface area contributed by atoms with Crippen LogP contribution >= 0.6 is 23.7 Å². The summed E-state index contributed by atoms with van der Waals surface area (Å²) in [5.74, 6) is -0.0879. The van der Waals surface area contributed by atoms with Gasteiger partial charge in [-0.3, -0.25) is 4.79 Å². The molecule has 1 aromatic heterocycles. The molecule has 0 fully saturated rings. The number of carbonyl (C=O) groups is 1. The molecule has 0 aromatic carbocycles. The van der Waals surface area contributed by atoms with Gasteiger partial charge in [-0.1, -0.05) is 20.3 Å². The predicted octanol–water partition coefficient (Wildman–Crippen LogP) is 1.87. The molecule has 0 saturated heterocycles. The Labute approximate surface area is 112 Å². The quantitative estimate of drug-likeness (QED) is 0.834. The van der Waals surface area contributed by atoms with E-state index in [0.717, 1.165) is 24.3 Å². The molecule has 1 amide bonds. The minimum atomic E-state index is -0.393. The molecular formula is C11H20ClN3OS. The van der Waals surface area contributed by atoms with Crippen LogP contribution in [0, 0.1) is 0 Å². The average Bonchev–Trinajstić information content (AvgIpc) is 2.74. The zero-order valence-electron chi connectivity index (χ0n) is 10.2. The lowest BCUT2D eigenvalue weighted by atomic mass is 10.2. The Morgan fingerprint density at radius 1 is 1.59 bits per heavy atom. The van der Waals surface area contributed by atoms with E-state index < -0.39 is 6.04 Å². The Morgan fingerprint density at radius 3 is 2.82 bits per heavy atom. The summed E-state index contributed by atoms with van der Waals surface area (Å²) in [4.78, 5) is 17.0. The van der Waals surface area contributed by atoms with E-state index in [2.05, 4.69) is 17.2 Å². The van der Waals surface area contributed by atoms with Gasteiger partial charge in [0.15, 0.2) is 0 Å². The first-order valence-electron chi connectivity index (χ1n) is 5.64. The molecule has 4 nitrogen and oxygen atoms in total. The van der Waals surface area contributed by atoms with E-state index in [0.29, 0.717) is 6.54 Å². The molecule has 17 heavy (non-hydrogen) atoms. The van der Waals surface area contributed by atoms with Crippen molar-refractivity contribution in [3.8, 4) is 0 Å². The summed E-state index contributed by atoms with van der Waals surface area (Å²) in [6, 6.07) is -0.393. The monoisotopic (exact) mass is 277 g/mol. The normalized spacial score (nSPS) is 11.7. The van der Waals surface area contributed by atoms with Crippen molar-refractivity contribution in [3.63, 3.8) is 0 Å². The number of hydrogen-bond acceptors (Lipinski definition) is 4. The third-order valence-electron chi connectivity index (χ3n) is 2.30. The summed E-state index contributed by atoms with van der Waals surface area (Å²) >= 11 is 1.63. The number of nitrogens with zero attached hydrogens (tertiary/aromatic N) is 1. The number of aryl methyl sites for hydroxylation is 1. The number of amides is 1. The van der Waals surface area contributed by atoms with E-state index in [-0.39, 0.29) is 18.3 Å². The van der Waals surface area contributed by atoms with E-state index in [1.165, 1.54) is 4.88 Å². The summed E-state index contributed by atoms with van der Waals surface area (Å²) in [7, 11) is 0. The van der Waals surface area contributed by atoms with Gasteiger partial charge in [-0.25, -0.2) is 4.98 Å². The van der Waals surface area contributed by atoms with Gasteiger partial charge in [0.1, 0.15) is 5.01 Å². The van der Waals surface area contributed by atoms with Crippen LogP contribution in [0.4, 0.5) is 0 Å². The van der Waals surface area contributed by atoms with Crippen LogP contribution in [0.3, 0.4) is 0 Å². The Morgan fingerprint density at radius 2 is 2.29 bits per heavy atom. The Hall–Kier alpha value is -0.650. The Kier molecular flexibility index (Phi) is 8.12. The fourth-order valence-electron chi connectivity index (χ4n) is 1.33. The smallest absolute Gasteiger partial charge is 0.237 e. The van der Waals surface area contributed by atoms with Crippen molar-refractivity contribution in [2.75, 3.05) is 0 Å².